The van der Waals surface area contributed by atoms with Gasteiger partial charge in [-0.1, -0.05) is 22.9 Å². The molecule has 1 N–H and O–H groups in total. The van der Waals surface area contributed by atoms with Crippen LogP contribution in [0.15, 0.2) is 22.7 Å². The summed E-state index contributed by atoms with van der Waals surface area (Å²) in [7, 11) is 0. The number of piperazine rings is 1. The van der Waals surface area contributed by atoms with E-state index in [0.717, 1.165) is 48.9 Å². The van der Waals surface area contributed by atoms with Gasteiger partial charge in [-0.05, 0) is 31.0 Å². The first kappa shape index (κ1) is 20.0. The molecule has 2 aliphatic rings. The van der Waals surface area contributed by atoms with E-state index in [-0.39, 0.29) is 12.4 Å². The highest BCUT2D eigenvalue weighted by Crippen LogP contribution is 2.27. The fourth-order valence-electron chi connectivity index (χ4n) is 3.57. The number of halogens is 2. The number of nitrogens with zero attached hydrogens (tertiary/aromatic N) is 2. The van der Waals surface area contributed by atoms with Gasteiger partial charge in [-0.2, -0.15) is 0 Å². The van der Waals surface area contributed by atoms with Crippen molar-refractivity contribution in [2.45, 2.75) is 32.4 Å². The number of hydrogen-bond acceptors (Lipinski definition) is 4. The van der Waals surface area contributed by atoms with Crippen LogP contribution in [0, 0.1) is 0 Å². The average molecular weight is 419 g/mol. The third-order valence-corrected chi connectivity index (χ3v) is 5.29. The molecule has 136 valence electrons. The summed E-state index contributed by atoms with van der Waals surface area (Å²) in [6.45, 7) is 11.0. The van der Waals surface area contributed by atoms with Crippen molar-refractivity contribution in [3.8, 4) is 5.75 Å². The highest BCUT2D eigenvalue weighted by atomic mass is 79.9. The molecule has 0 bridgehead atoms. The number of likely N-dealkylation sites (tertiary alicyclic amines) is 1. The quantitative estimate of drug-likeness (QED) is 0.768. The first-order valence-electron chi connectivity index (χ1n) is 8.84. The van der Waals surface area contributed by atoms with Crippen LogP contribution in [0.5, 0.6) is 5.75 Å². The molecule has 0 saturated carbocycles. The number of nitrogens with one attached hydrogen (secondary N) is 1. The van der Waals surface area contributed by atoms with E-state index in [1.165, 1.54) is 38.2 Å². The lowest BCUT2D eigenvalue weighted by atomic mass is 10.2. The molecule has 0 aliphatic carbocycles. The molecule has 1 atom stereocenters. The van der Waals surface area contributed by atoms with Crippen molar-refractivity contribution in [3.05, 3.63) is 28.2 Å². The Balaban J connectivity index is 0.00000208. The fraction of sp³-hybridized carbons (Fsp3) is 0.667. The Kier molecular flexibility index (Phi) is 8.31. The average Bonchev–Trinajstić information content (AvgIpc) is 3.03. The van der Waals surface area contributed by atoms with E-state index in [2.05, 4.69) is 56.2 Å². The van der Waals surface area contributed by atoms with Crippen LogP contribution in [0.1, 0.15) is 25.3 Å². The Hall–Kier alpha value is -0.330. The highest BCUT2D eigenvalue weighted by Gasteiger charge is 2.28. The molecule has 3 rings (SSSR count). The van der Waals surface area contributed by atoms with Crippen LogP contribution in [0.3, 0.4) is 0 Å². The van der Waals surface area contributed by atoms with Crippen LogP contribution in [0.4, 0.5) is 0 Å². The van der Waals surface area contributed by atoms with Gasteiger partial charge in [0, 0.05) is 61.9 Å². The molecule has 0 radical (unpaired) electrons. The minimum Gasteiger partial charge on any atom is -0.493 e. The summed E-state index contributed by atoms with van der Waals surface area (Å²) in [6, 6.07) is 7.11. The molecule has 6 heteroatoms. The molecule has 1 aromatic carbocycles. The summed E-state index contributed by atoms with van der Waals surface area (Å²) in [6.07, 6.45) is 2.34. The van der Waals surface area contributed by atoms with Gasteiger partial charge in [0.1, 0.15) is 5.75 Å². The van der Waals surface area contributed by atoms with Gasteiger partial charge in [0.05, 0.1) is 6.61 Å². The minimum absolute atomic E-state index is 0. The largest absolute Gasteiger partial charge is 0.493 e. The molecule has 0 spiro atoms. The molecule has 4 nitrogen and oxygen atoms in total. The van der Waals surface area contributed by atoms with Gasteiger partial charge in [0.15, 0.2) is 0 Å². The number of ether oxygens (including phenoxy) is 1. The standard InChI is InChI=1S/C18H28BrN3O.ClH/c1-2-11-23-18-4-3-16(19)12-15(18)13-21-8-5-17(14-21)22-9-6-20-7-10-22;/h3-4,12,17,20H,2,5-11,13-14H2,1H3;1H. The zero-order valence-electron chi connectivity index (χ0n) is 14.5. The first-order chi connectivity index (χ1) is 11.3. The Morgan fingerprint density at radius 2 is 2.04 bits per heavy atom. The minimum atomic E-state index is 0. The Morgan fingerprint density at radius 3 is 2.79 bits per heavy atom. The summed E-state index contributed by atoms with van der Waals surface area (Å²) in [5.74, 6) is 1.04. The van der Waals surface area contributed by atoms with E-state index >= 15 is 0 Å². The summed E-state index contributed by atoms with van der Waals surface area (Å²) >= 11 is 3.60. The molecule has 24 heavy (non-hydrogen) atoms. The van der Waals surface area contributed by atoms with Crippen LogP contribution in [-0.2, 0) is 6.54 Å². The Morgan fingerprint density at radius 1 is 1.25 bits per heavy atom. The van der Waals surface area contributed by atoms with Crippen molar-refractivity contribution in [2.24, 2.45) is 0 Å². The van der Waals surface area contributed by atoms with Crippen molar-refractivity contribution in [1.29, 1.82) is 0 Å². The zero-order valence-corrected chi connectivity index (χ0v) is 16.9. The topological polar surface area (TPSA) is 27.7 Å². The molecule has 0 amide bonds. The van der Waals surface area contributed by atoms with Gasteiger partial charge >= 0.3 is 0 Å². The van der Waals surface area contributed by atoms with Gasteiger partial charge in [0.25, 0.3) is 0 Å². The fourth-order valence-corrected chi connectivity index (χ4v) is 3.97. The van der Waals surface area contributed by atoms with E-state index < -0.39 is 0 Å². The van der Waals surface area contributed by atoms with Gasteiger partial charge in [-0.3, -0.25) is 9.80 Å². The molecular weight excluding hydrogens is 390 g/mol. The second-order valence-electron chi connectivity index (χ2n) is 6.56. The van der Waals surface area contributed by atoms with Crippen LogP contribution < -0.4 is 10.1 Å². The van der Waals surface area contributed by atoms with Gasteiger partial charge < -0.3 is 10.1 Å². The number of hydrogen-bond donors (Lipinski definition) is 1. The molecule has 1 unspecified atom stereocenters. The third kappa shape index (κ3) is 5.33. The zero-order chi connectivity index (χ0) is 16.1. The maximum atomic E-state index is 5.93. The van der Waals surface area contributed by atoms with Crippen molar-refractivity contribution in [3.63, 3.8) is 0 Å². The van der Waals surface area contributed by atoms with E-state index in [0.29, 0.717) is 0 Å². The molecular formula is C18H29BrClN3O. The second-order valence-corrected chi connectivity index (χ2v) is 7.48. The summed E-state index contributed by atoms with van der Waals surface area (Å²) < 4.78 is 7.06. The Labute approximate surface area is 160 Å². The maximum Gasteiger partial charge on any atom is 0.123 e. The second kappa shape index (κ2) is 9.97. The van der Waals surface area contributed by atoms with Crippen LogP contribution in [0.25, 0.3) is 0 Å². The third-order valence-electron chi connectivity index (χ3n) is 4.79. The van der Waals surface area contributed by atoms with Crippen LogP contribution in [0.2, 0.25) is 0 Å². The summed E-state index contributed by atoms with van der Waals surface area (Å²) in [5, 5.41) is 3.45. The lowest BCUT2D eigenvalue weighted by Crippen LogP contribution is -2.49. The molecule has 1 aromatic rings. The van der Waals surface area contributed by atoms with E-state index in [1.54, 1.807) is 0 Å². The maximum absolute atomic E-state index is 5.93. The molecule has 2 heterocycles. The van der Waals surface area contributed by atoms with Crippen molar-refractivity contribution in [2.75, 3.05) is 45.9 Å². The number of benzene rings is 1. The van der Waals surface area contributed by atoms with Crippen LogP contribution in [-0.4, -0.2) is 61.7 Å². The smallest absolute Gasteiger partial charge is 0.123 e. The first-order valence-corrected chi connectivity index (χ1v) is 9.64. The highest BCUT2D eigenvalue weighted by molar-refractivity contribution is 9.10. The molecule has 2 saturated heterocycles. The number of rotatable bonds is 6. The van der Waals surface area contributed by atoms with Crippen molar-refractivity contribution >= 4 is 28.3 Å². The SMILES string of the molecule is CCCOc1ccc(Br)cc1CN1CCC(N2CCNCC2)C1.Cl. The lowest BCUT2D eigenvalue weighted by molar-refractivity contribution is 0.170. The predicted molar refractivity (Wildman–Crippen MR) is 105 cm³/mol. The Bertz CT molecular complexity index is 511. The summed E-state index contributed by atoms with van der Waals surface area (Å²) in [4.78, 5) is 5.24. The normalized spacial score (nSPS) is 22.3. The predicted octanol–water partition coefficient (Wildman–Crippen LogP) is 3.14. The van der Waals surface area contributed by atoms with Gasteiger partial charge in [0.2, 0.25) is 0 Å². The van der Waals surface area contributed by atoms with Crippen LogP contribution >= 0.6 is 28.3 Å². The van der Waals surface area contributed by atoms with E-state index in [4.69, 9.17) is 4.74 Å². The summed E-state index contributed by atoms with van der Waals surface area (Å²) in [5.41, 5.74) is 1.30. The van der Waals surface area contributed by atoms with E-state index in [1.807, 2.05) is 0 Å². The van der Waals surface area contributed by atoms with Gasteiger partial charge in [-0.15, -0.1) is 12.4 Å². The van der Waals surface area contributed by atoms with E-state index in [9.17, 15) is 0 Å². The molecule has 2 aliphatic heterocycles. The van der Waals surface area contributed by atoms with Gasteiger partial charge in [-0.25, -0.2) is 0 Å². The lowest BCUT2D eigenvalue weighted by Gasteiger charge is -2.32. The monoisotopic (exact) mass is 417 g/mol. The molecule has 2 fully saturated rings. The van der Waals surface area contributed by atoms with Crippen molar-refractivity contribution < 1.29 is 4.74 Å². The van der Waals surface area contributed by atoms with Crippen molar-refractivity contribution in [1.82, 2.24) is 15.1 Å². The molecule has 0 aromatic heterocycles.